The molecule has 0 saturated carbocycles. The summed E-state index contributed by atoms with van der Waals surface area (Å²) in [5.74, 6) is -1.14. The van der Waals surface area contributed by atoms with E-state index in [0.717, 1.165) is 17.4 Å². The van der Waals surface area contributed by atoms with Crippen LogP contribution in [-0.4, -0.2) is 48.3 Å². The quantitative estimate of drug-likeness (QED) is 0.206. The van der Waals surface area contributed by atoms with Crippen LogP contribution in [0.3, 0.4) is 0 Å². The topological polar surface area (TPSA) is 172 Å². The Labute approximate surface area is 245 Å². The third kappa shape index (κ3) is 6.70. The number of carbonyl (C=O) groups is 2. The van der Waals surface area contributed by atoms with Gasteiger partial charge in [-0.15, -0.1) is 0 Å². The minimum atomic E-state index is -3.90. The number of imide groups is 1. The van der Waals surface area contributed by atoms with Crippen LogP contribution in [0.5, 0.6) is 0 Å². The number of hydrogen-bond acceptors (Lipinski definition) is 11. The Kier molecular flexibility index (Phi) is 8.15. The lowest BCUT2D eigenvalue weighted by atomic mass is 10.1. The summed E-state index contributed by atoms with van der Waals surface area (Å²) < 4.78 is 38.2. The maximum Gasteiger partial charge on any atom is 0.249 e. The zero-order valence-electron chi connectivity index (χ0n) is 22.6. The summed E-state index contributed by atoms with van der Waals surface area (Å²) in [7, 11) is -2.03. The molecule has 0 bridgehead atoms. The molecule has 0 aliphatic carbocycles. The largest absolute Gasteiger partial charge is 0.374 e. The van der Waals surface area contributed by atoms with Crippen molar-refractivity contribution in [1.29, 1.82) is 0 Å². The van der Waals surface area contributed by atoms with Gasteiger partial charge in [0.15, 0.2) is 10.9 Å². The average Bonchev–Trinajstić information content (AvgIpc) is 3.33. The number of nitrogens with zero attached hydrogens (tertiary/aromatic N) is 4. The van der Waals surface area contributed by atoms with Crippen LogP contribution in [0.4, 0.5) is 26.8 Å². The number of benzene rings is 2. The molecule has 1 aliphatic rings. The zero-order valence-corrected chi connectivity index (χ0v) is 24.2. The maximum absolute atomic E-state index is 14.9. The van der Waals surface area contributed by atoms with Gasteiger partial charge < -0.3 is 15.5 Å². The van der Waals surface area contributed by atoms with Crippen LogP contribution in [0.2, 0.25) is 0 Å². The van der Waals surface area contributed by atoms with E-state index in [4.69, 9.17) is 5.14 Å². The van der Waals surface area contributed by atoms with E-state index in [0.29, 0.717) is 40.8 Å². The lowest BCUT2D eigenvalue weighted by molar-refractivity contribution is -0.133. The minimum Gasteiger partial charge on any atom is -0.374 e. The fourth-order valence-corrected chi connectivity index (χ4v) is 5.89. The molecule has 15 heteroatoms. The number of carbonyl (C=O) groups excluding carboxylic acids is 2. The van der Waals surface area contributed by atoms with Crippen molar-refractivity contribution in [3.05, 3.63) is 71.8 Å². The second-order valence-electron chi connectivity index (χ2n) is 9.70. The first kappa shape index (κ1) is 29.0. The highest BCUT2D eigenvalue weighted by Crippen LogP contribution is 2.35. The molecule has 12 nitrogen and oxygen atoms in total. The van der Waals surface area contributed by atoms with Crippen LogP contribution < -0.4 is 26.0 Å². The molecule has 1 unspecified atom stereocenters. The predicted octanol–water partition coefficient (Wildman–Crippen LogP) is 3.29. The molecule has 1 fully saturated rings. The average molecular weight is 611 g/mol. The first-order valence-electron chi connectivity index (χ1n) is 12.8. The van der Waals surface area contributed by atoms with Gasteiger partial charge in [0.2, 0.25) is 27.8 Å². The van der Waals surface area contributed by atoms with Gasteiger partial charge in [-0.2, -0.15) is 0 Å². The van der Waals surface area contributed by atoms with Crippen molar-refractivity contribution in [3.8, 4) is 10.6 Å². The second kappa shape index (κ2) is 11.8. The molecule has 3 heterocycles. The Morgan fingerprint density at radius 1 is 1.14 bits per heavy atom. The SMILES string of the molecule is Cc1nc(N(C)Cc2ccc(NC3CCC(=O)NC3=O)cc2)sc1-c1nc(Nc2cccc(S(N)(=O)=O)c2)ncc1F. The summed E-state index contributed by atoms with van der Waals surface area (Å²) in [6.45, 7) is 2.29. The maximum atomic E-state index is 14.9. The monoisotopic (exact) mass is 610 g/mol. The number of amides is 2. The van der Waals surface area contributed by atoms with Crippen LogP contribution >= 0.6 is 11.3 Å². The standard InChI is InChI=1S/C27H27FN8O4S2/c1-15-24(23-20(28)13-30-26(35-23)33-18-4-3-5-19(12-18)42(29,39)40)41-27(31-15)36(2)14-16-6-8-17(9-7-16)32-21-10-11-22(37)34-25(21)38/h3-9,12-13,21,32H,10-11,14H2,1-2H3,(H2,29,39,40)(H,30,33,35)(H,34,37,38). The Morgan fingerprint density at radius 2 is 1.90 bits per heavy atom. The molecular weight excluding hydrogens is 583 g/mol. The third-order valence-electron chi connectivity index (χ3n) is 6.44. The van der Waals surface area contributed by atoms with E-state index in [1.807, 2.05) is 36.2 Å². The number of rotatable bonds is 9. The molecule has 0 radical (unpaired) electrons. The van der Waals surface area contributed by atoms with E-state index in [1.165, 1.54) is 29.5 Å². The highest BCUT2D eigenvalue weighted by molar-refractivity contribution is 7.89. The number of anilines is 4. The third-order valence-corrected chi connectivity index (χ3v) is 8.63. The van der Waals surface area contributed by atoms with Gasteiger partial charge in [0.1, 0.15) is 11.7 Å². The van der Waals surface area contributed by atoms with E-state index < -0.39 is 21.9 Å². The lowest BCUT2D eigenvalue weighted by Crippen LogP contribution is -2.47. The zero-order chi connectivity index (χ0) is 30.0. The van der Waals surface area contributed by atoms with Crippen LogP contribution in [0, 0.1) is 12.7 Å². The van der Waals surface area contributed by atoms with E-state index in [2.05, 4.69) is 30.9 Å². The highest BCUT2D eigenvalue weighted by Gasteiger charge is 2.26. The van der Waals surface area contributed by atoms with Gasteiger partial charge in [0, 0.05) is 31.4 Å². The smallest absolute Gasteiger partial charge is 0.249 e. The number of nitrogens with one attached hydrogen (secondary N) is 3. The van der Waals surface area contributed by atoms with Gasteiger partial charge >= 0.3 is 0 Å². The Balaban J connectivity index is 1.28. The molecule has 0 spiro atoms. The number of piperidine rings is 1. The summed E-state index contributed by atoms with van der Waals surface area (Å²) in [6.07, 6.45) is 1.78. The van der Waals surface area contributed by atoms with Crippen molar-refractivity contribution < 1.29 is 22.4 Å². The number of primary sulfonamides is 1. The fraction of sp³-hybridized carbons (Fsp3) is 0.222. The van der Waals surface area contributed by atoms with Crippen molar-refractivity contribution >= 4 is 55.6 Å². The van der Waals surface area contributed by atoms with Gasteiger partial charge in [-0.3, -0.25) is 14.9 Å². The molecule has 5 N–H and O–H groups in total. The molecule has 2 aromatic heterocycles. The predicted molar refractivity (Wildman–Crippen MR) is 157 cm³/mol. The second-order valence-corrected chi connectivity index (χ2v) is 12.2. The molecule has 1 atom stereocenters. The van der Waals surface area contributed by atoms with Crippen molar-refractivity contribution in [2.75, 3.05) is 22.6 Å². The summed E-state index contributed by atoms with van der Waals surface area (Å²) in [5.41, 5.74) is 2.78. The molecule has 218 valence electrons. The molecule has 4 aromatic rings. The number of halogens is 1. The molecule has 5 rings (SSSR count). The molecule has 2 aromatic carbocycles. The first-order chi connectivity index (χ1) is 20.0. The van der Waals surface area contributed by atoms with Crippen molar-refractivity contribution in [2.24, 2.45) is 5.14 Å². The lowest BCUT2D eigenvalue weighted by Gasteiger charge is -2.23. The number of hydrogen-bond donors (Lipinski definition) is 4. The summed E-state index contributed by atoms with van der Waals surface area (Å²) in [6, 6.07) is 13.0. The molecule has 1 saturated heterocycles. The van der Waals surface area contributed by atoms with Gasteiger partial charge in [-0.25, -0.2) is 32.9 Å². The van der Waals surface area contributed by atoms with Crippen molar-refractivity contribution in [1.82, 2.24) is 20.3 Å². The fourth-order valence-electron chi connectivity index (χ4n) is 4.31. The Bertz CT molecular complexity index is 1760. The molecule has 2 amide bonds. The summed E-state index contributed by atoms with van der Waals surface area (Å²) in [4.78, 5) is 38.7. The highest BCUT2D eigenvalue weighted by atomic mass is 32.2. The van der Waals surface area contributed by atoms with Crippen molar-refractivity contribution in [3.63, 3.8) is 0 Å². The molecule has 42 heavy (non-hydrogen) atoms. The number of aromatic nitrogens is 3. The minimum absolute atomic E-state index is 0.0635. The van der Waals surface area contributed by atoms with Gasteiger partial charge in [0.05, 0.1) is 21.7 Å². The van der Waals surface area contributed by atoms with E-state index >= 15 is 0 Å². The number of aryl methyl sites for hydroxylation is 1. The molecular formula is C27H27FN8O4S2. The van der Waals surface area contributed by atoms with Crippen LogP contribution in [0.15, 0.2) is 59.6 Å². The van der Waals surface area contributed by atoms with Crippen LogP contribution in [0.1, 0.15) is 24.1 Å². The Morgan fingerprint density at radius 3 is 2.62 bits per heavy atom. The van der Waals surface area contributed by atoms with Gasteiger partial charge in [-0.05, 0) is 49.2 Å². The first-order valence-corrected chi connectivity index (χ1v) is 15.1. The van der Waals surface area contributed by atoms with Gasteiger partial charge in [-0.1, -0.05) is 29.5 Å². The number of thiazole rings is 1. The summed E-state index contributed by atoms with van der Waals surface area (Å²) >= 11 is 1.28. The molecule has 1 aliphatic heterocycles. The van der Waals surface area contributed by atoms with Crippen molar-refractivity contribution in [2.45, 2.75) is 37.2 Å². The van der Waals surface area contributed by atoms with E-state index in [-0.39, 0.29) is 28.4 Å². The van der Waals surface area contributed by atoms with E-state index in [1.54, 1.807) is 13.0 Å². The van der Waals surface area contributed by atoms with Crippen LogP contribution in [-0.2, 0) is 26.2 Å². The van der Waals surface area contributed by atoms with E-state index in [9.17, 15) is 22.4 Å². The summed E-state index contributed by atoms with van der Waals surface area (Å²) in [5, 5.41) is 14.2. The number of sulfonamides is 1. The van der Waals surface area contributed by atoms with Crippen LogP contribution in [0.25, 0.3) is 10.6 Å². The number of nitrogens with two attached hydrogens (primary N) is 1. The van der Waals surface area contributed by atoms with Gasteiger partial charge in [0.25, 0.3) is 0 Å². The normalized spacial score (nSPS) is 15.3. The Hall–Kier alpha value is -4.47.